The molecule has 1 rings (SSSR count). The Bertz CT molecular complexity index is 246. The number of piperazine rings is 1. The summed E-state index contributed by atoms with van der Waals surface area (Å²) in [7, 11) is 0. The average molecular weight is 269 g/mol. The minimum Gasteiger partial charge on any atom is -0.325 e. The van der Waals surface area contributed by atoms with Gasteiger partial charge in [-0.1, -0.05) is 51.9 Å². The predicted octanol–water partition coefficient (Wildman–Crippen LogP) is 2.23. The molecule has 4 heteroatoms. The fraction of sp³-hybridized carbons (Fsp3) is 0.933. The third-order valence-electron chi connectivity index (χ3n) is 3.85. The summed E-state index contributed by atoms with van der Waals surface area (Å²) in [5, 5.41) is 3.20. The highest BCUT2D eigenvalue weighted by atomic mass is 16.2. The molecular formula is C15H31N3O. The second-order valence-corrected chi connectivity index (χ2v) is 5.58. The van der Waals surface area contributed by atoms with Crippen LogP contribution in [0.1, 0.15) is 64.7 Å². The minimum absolute atomic E-state index is 0.129. The largest absolute Gasteiger partial charge is 0.325 e. The number of nitrogens with two attached hydrogens (primary N) is 1. The molecule has 0 radical (unpaired) electrons. The van der Waals surface area contributed by atoms with Crippen molar-refractivity contribution in [3.05, 3.63) is 0 Å². The Labute approximate surface area is 118 Å². The lowest BCUT2D eigenvalue weighted by molar-refractivity contribution is -0.134. The highest BCUT2D eigenvalue weighted by Crippen LogP contribution is 2.11. The Morgan fingerprint density at radius 2 is 1.79 bits per heavy atom. The zero-order valence-electron chi connectivity index (χ0n) is 12.5. The molecule has 3 N–H and O–H groups in total. The van der Waals surface area contributed by atoms with Gasteiger partial charge in [-0.05, 0) is 6.42 Å². The smallest absolute Gasteiger partial charge is 0.223 e. The van der Waals surface area contributed by atoms with Crippen LogP contribution < -0.4 is 11.1 Å². The van der Waals surface area contributed by atoms with Gasteiger partial charge in [0.25, 0.3) is 0 Å². The van der Waals surface area contributed by atoms with Gasteiger partial charge in [0.2, 0.25) is 5.91 Å². The van der Waals surface area contributed by atoms with Crippen LogP contribution in [0.15, 0.2) is 0 Å². The molecule has 0 aromatic rings. The number of nitrogens with zero attached hydrogens (tertiary/aromatic N) is 1. The molecule has 1 atom stereocenters. The quantitative estimate of drug-likeness (QED) is 0.631. The van der Waals surface area contributed by atoms with Crippen molar-refractivity contribution >= 4 is 5.91 Å². The fourth-order valence-corrected chi connectivity index (χ4v) is 2.59. The van der Waals surface area contributed by atoms with Crippen LogP contribution in [-0.2, 0) is 4.79 Å². The summed E-state index contributed by atoms with van der Waals surface area (Å²) in [5.41, 5.74) is 5.92. The second kappa shape index (κ2) is 10.2. The molecule has 0 saturated carbocycles. The summed E-state index contributed by atoms with van der Waals surface area (Å²) in [6.07, 6.45) is 10.7. The average Bonchev–Trinajstić information content (AvgIpc) is 2.42. The maximum atomic E-state index is 12.0. The van der Waals surface area contributed by atoms with Gasteiger partial charge in [-0.3, -0.25) is 4.79 Å². The molecule has 1 unspecified atom stereocenters. The van der Waals surface area contributed by atoms with Crippen LogP contribution in [0.5, 0.6) is 0 Å². The minimum atomic E-state index is -0.129. The van der Waals surface area contributed by atoms with Crippen molar-refractivity contribution in [2.75, 3.05) is 19.6 Å². The Morgan fingerprint density at radius 3 is 2.42 bits per heavy atom. The van der Waals surface area contributed by atoms with Gasteiger partial charge in [-0.15, -0.1) is 0 Å². The number of rotatable bonds is 9. The number of unbranched alkanes of at least 4 members (excludes halogenated alkanes) is 7. The highest BCUT2D eigenvalue weighted by molar-refractivity contribution is 5.76. The molecule has 0 aliphatic carbocycles. The fourth-order valence-electron chi connectivity index (χ4n) is 2.59. The lowest BCUT2D eigenvalue weighted by Crippen LogP contribution is -2.57. The second-order valence-electron chi connectivity index (χ2n) is 5.58. The first-order valence-electron chi connectivity index (χ1n) is 8.01. The van der Waals surface area contributed by atoms with E-state index in [1.807, 2.05) is 4.90 Å². The van der Waals surface area contributed by atoms with Gasteiger partial charge in [0.15, 0.2) is 0 Å². The number of carbonyl (C=O) groups excluding carboxylic acids is 1. The van der Waals surface area contributed by atoms with Crippen LogP contribution in [-0.4, -0.2) is 36.6 Å². The molecule has 1 amide bonds. The van der Waals surface area contributed by atoms with Crippen molar-refractivity contribution in [1.29, 1.82) is 0 Å². The molecule has 1 saturated heterocycles. The molecule has 0 aromatic heterocycles. The van der Waals surface area contributed by atoms with E-state index in [9.17, 15) is 4.79 Å². The van der Waals surface area contributed by atoms with Crippen LogP contribution in [0.3, 0.4) is 0 Å². The van der Waals surface area contributed by atoms with Crippen LogP contribution >= 0.6 is 0 Å². The number of carbonyl (C=O) groups is 1. The molecule has 19 heavy (non-hydrogen) atoms. The molecule has 0 bridgehead atoms. The highest BCUT2D eigenvalue weighted by Gasteiger charge is 2.22. The summed E-state index contributed by atoms with van der Waals surface area (Å²) in [4.78, 5) is 13.8. The Hall–Kier alpha value is -0.610. The van der Waals surface area contributed by atoms with Gasteiger partial charge >= 0.3 is 0 Å². The normalized spacial score (nSPS) is 19.7. The number of hydrogen-bond acceptors (Lipinski definition) is 3. The molecule has 0 spiro atoms. The molecular weight excluding hydrogens is 238 g/mol. The number of amides is 1. The van der Waals surface area contributed by atoms with Crippen LogP contribution in [0, 0.1) is 0 Å². The third kappa shape index (κ3) is 6.92. The summed E-state index contributed by atoms with van der Waals surface area (Å²) in [6.45, 7) is 4.60. The van der Waals surface area contributed by atoms with Gasteiger partial charge in [0.1, 0.15) is 0 Å². The molecule has 1 heterocycles. The van der Waals surface area contributed by atoms with E-state index in [0.29, 0.717) is 6.42 Å². The van der Waals surface area contributed by atoms with Crippen LogP contribution in [0.2, 0.25) is 0 Å². The van der Waals surface area contributed by atoms with E-state index < -0.39 is 0 Å². The molecule has 0 aromatic carbocycles. The Morgan fingerprint density at radius 1 is 1.16 bits per heavy atom. The lowest BCUT2D eigenvalue weighted by Gasteiger charge is -2.33. The van der Waals surface area contributed by atoms with E-state index in [4.69, 9.17) is 5.73 Å². The molecule has 1 aliphatic heterocycles. The standard InChI is InChI=1S/C15H31N3O/c1-2-3-4-5-6-7-8-9-10-15(19)18-12-11-17-13-14(18)16/h14,17H,2-13,16H2,1H3. The molecule has 1 aliphatic rings. The third-order valence-corrected chi connectivity index (χ3v) is 3.85. The van der Waals surface area contributed by atoms with E-state index >= 15 is 0 Å². The monoisotopic (exact) mass is 269 g/mol. The zero-order valence-corrected chi connectivity index (χ0v) is 12.5. The molecule has 112 valence electrons. The summed E-state index contributed by atoms with van der Waals surface area (Å²) >= 11 is 0. The van der Waals surface area contributed by atoms with Crippen LogP contribution in [0.25, 0.3) is 0 Å². The van der Waals surface area contributed by atoms with Gasteiger partial charge in [0, 0.05) is 26.1 Å². The van der Waals surface area contributed by atoms with Gasteiger partial charge < -0.3 is 16.0 Å². The molecule has 4 nitrogen and oxygen atoms in total. The first-order valence-corrected chi connectivity index (χ1v) is 8.01. The number of hydrogen-bond donors (Lipinski definition) is 2. The first-order chi connectivity index (χ1) is 9.25. The molecule has 1 fully saturated rings. The Balaban J connectivity index is 1.98. The van der Waals surface area contributed by atoms with Crippen molar-refractivity contribution in [3.63, 3.8) is 0 Å². The summed E-state index contributed by atoms with van der Waals surface area (Å²) in [5.74, 6) is 0.236. The van der Waals surface area contributed by atoms with Crippen molar-refractivity contribution in [2.24, 2.45) is 5.73 Å². The van der Waals surface area contributed by atoms with E-state index in [-0.39, 0.29) is 12.1 Å². The van der Waals surface area contributed by atoms with Crippen molar-refractivity contribution < 1.29 is 4.79 Å². The number of nitrogens with one attached hydrogen (secondary N) is 1. The van der Waals surface area contributed by atoms with E-state index in [0.717, 1.165) is 26.1 Å². The maximum Gasteiger partial charge on any atom is 0.223 e. The van der Waals surface area contributed by atoms with Crippen molar-refractivity contribution in [3.8, 4) is 0 Å². The van der Waals surface area contributed by atoms with Gasteiger partial charge in [-0.2, -0.15) is 0 Å². The lowest BCUT2D eigenvalue weighted by atomic mass is 10.1. The summed E-state index contributed by atoms with van der Waals surface area (Å²) in [6, 6.07) is 0. The first kappa shape index (κ1) is 16.4. The summed E-state index contributed by atoms with van der Waals surface area (Å²) < 4.78 is 0. The zero-order chi connectivity index (χ0) is 13.9. The van der Waals surface area contributed by atoms with E-state index in [1.54, 1.807) is 0 Å². The van der Waals surface area contributed by atoms with E-state index in [2.05, 4.69) is 12.2 Å². The SMILES string of the molecule is CCCCCCCCCCC(=O)N1CCNCC1N. The topological polar surface area (TPSA) is 58.4 Å². The van der Waals surface area contributed by atoms with Crippen LogP contribution in [0.4, 0.5) is 0 Å². The van der Waals surface area contributed by atoms with E-state index in [1.165, 1.54) is 44.9 Å². The van der Waals surface area contributed by atoms with Crippen molar-refractivity contribution in [1.82, 2.24) is 10.2 Å². The predicted molar refractivity (Wildman–Crippen MR) is 79.8 cm³/mol. The van der Waals surface area contributed by atoms with Gasteiger partial charge in [-0.25, -0.2) is 0 Å². The van der Waals surface area contributed by atoms with Crippen molar-refractivity contribution in [2.45, 2.75) is 70.9 Å². The van der Waals surface area contributed by atoms with Gasteiger partial charge in [0.05, 0.1) is 6.17 Å². The maximum absolute atomic E-state index is 12.0. The Kier molecular flexibility index (Phi) is 8.84.